The third-order valence-electron chi connectivity index (χ3n) is 5.96. The average molecular weight is 396 g/mol. The molecule has 2 fully saturated rings. The van der Waals surface area contributed by atoms with E-state index in [1.165, 1.54) is 6.26 Å². The van der Waals surface area contributed by atoms with E-state index in [0.717, 1.165) is 36.8 Å². The van der Waals surface area contributed by atoms with E-state index in [1.807, 2.05) is 41.0 Å². The van der Waals surface area contributed by atoms with Crippen LogP contribution in [0.25, 0.3) is 0 Å². The normalized spacial score (nSPS) is 20.0. The Bertz CT molecular complexity index is 842. The maximum Gasteiger partial charge on any atom is 0.289 e. The highest BCUT2D eigenvalue weighted by atomic mass is 16.5. The molecule has 1 aliphatic carbocycles. The molecule has 0 spiro atoms. The zero-order valence-corrected chi connectivity index (χ0v) is 16.9. The number of morpholine rings is 1. The van der Waals surface area contributed by atoms with E-state index in [4.69, 9.17) is 9.15 Å². The first kappa shape index (κ1) is 19.7. The number of amides is 2. The third kappa shape index (κ3) is 4.37. The summed E-state index contributed by atoms with van der Waals surface area (Å²) in [7, 11) is 0. The fraction of sp³-hybridized carbons (Fsp3) is 0.478. The predicted octanol–water partition coefficient (Wildman–Crippen LogP) is 3.51. The summed E-state index contributed by atoms with van der Waals surface area (Å²) in [4.78, 5) is 29.8. The summed E-state index contributed by atoms with van der Waals surface area (Å²) in [5.41, 5.74) is 1.70. The first-order valence-corrected chi connectivity index (χ1v) is 10.4. The Morgan fingerprint density at radius 3 is 2.66 bits per heavy atom. The number of ether oxygens (including phenoxy) is 1. The van der Waals surface area contributed by atoms with Crippen LogP contribution >= 0.6 is 0 Å². The molecule has 0 bridgehead atoms. The summed E-state index contributed by atoms with van der Waals surface area (Å²) in [6.07, 6.45) is 5.61. The van der Waals surface area contributed by atoms with E-state index < -0.39 is 0 Å². The molecule has 0 radical (unpaired) electrons. The molecule has 1 atom stereocenters. The molecule has 1 aromatic heterocycles. The lowest BCUT2D eigenvalue weighted by Gasteiger charge is -2.37. The van der Waals surface area contributed by atoms with Crippen molar-refractivity contribution in [3.63, 3.8) is 0 Å². The molecule has 6 heteroatoms. The molecule has 154 valence electrons. The van der Waals surface area contributed by atoms with Crippen molar-refractivity contribution in [2.24, 2.45) is 0 Å². The maximum absolute atomic E-state index is 13.0. The largest absolute Gasteiger partial charge is 0.459 e. The van der Waals surface area contributed by atoms with Crippen molar-refractivity contribution in [1.29, 1.82) is 0 Å². The SMILES string of the molecule is Cc1ccccc1C(=O)N1CCO[C@H](CN(C(=O)c2ccco2)C2CCCC2)C1. The monoisotopic (exact) mass is 396 g/mol. The lowest BCUT2D eigenvalue weighted by atomic mass is 10.1. The first-order chi connectivity index (χ1) is 14.1. The quantitative estimate of drug-likeness (QED) is 0.776. The van der Waals surface area contributed by atoms with Crippen molar-refractivity contribution in [2.45, 2.75) is 44.8 Å². The van der Waals surface area contributed by atoms with Crippen LogP contribution in [0.4, 0.5) is 0 Å². The van der Waals surface area contributed by atoms with Crippen LogP contribution in [0.3, 0.4) is 0 Å². The zero-order valence-electron chi connectivity index (χ0n) is 16.9. The van der Waals surface area contributed by atoms with Crippen molar-refractivity contribution in [2.75, 3.05) is 26.2 Å². The van der Waals surface area contributed by atoms with Gasteiger partial charge in [-0.2, -0.15) is 0 Å². The molecule has 1 aromatic carbocycles. The smallest absolute Gasteiger partial charge is 0.289 e. The number of benzene rings is 1. The molecule has 2 heterocycles. The van der Waals surface area contributed by atoms with Crippen LogP contribution in [0.1, 0.15) is 52.2 Å². The minimum atomic E-state index is -0.198. The third-order valence-corrected chi connectivity index (χ3v) is 5.96. The van der Waals surface area contributed by atoms with E-state index in [1.54, 1.807) is 12.1 Å². The van der Waals surface area contributed by atoms with Gasteiger partial charge < -0.3 is 19.0 Å². The van der Waals surface area contributed by atoms with Crippen LogP contribution in [-0.2, 0) is 4.74 Å². The molecular formula is C23H28N2O4. The van der Waals surface area contributed by atoms with Gasteiger partial charge in [-0.1, -0.05) is 31.0 Å². The molecule has 0 N–H and O–H groups in total. The second-order valence-electron chi connectivity index (χ2n) is 7.93. The molecule has 4 rings (SSSR count). The minimum Gasteiger partial charge on any atom is -0.459 e. The van der Waals surface area contributed by atoms with Crippen LogP contribution in [0.15, 0.2) is 47.1 Å². The Kier molecular flexibility index (Phi) is 6.00. The van der Waals surface area contributed by atoms with Crippen LogP contribution in [-0.4, -0.2) is 60.0 Å². The Balaban J connectivity index is 1.47. The standard InChI is InChI=1S/C23H28N2O4/c1-17-7-2-5-10-20(17)22(26)24-12-14-28-19(15-24)16-25(18-8-3-4-9-18)23(27)21-11-6-13-29-21/h2,5-7,10-11,13,18-19H,3-4,8-9,12,14-16H2,1H3/t19-/m0/s1. The van der Waals surface area contributed by atoms with E-state index in [2.05, 4.69) is 0 Å². The molecule has 29 heavy (non-hydrogen) atoms. The van der Waals surface area contributed by atoms with Crippen LogP contribution in [0.5, 0.6) is 0 Å². The molecule has 0 unspecified atom stereocenters. The van der Waals surface area contributed by atoms with Gasteiger partial charge in [-0.05, 0) is 43.5 Å². The van der Waals surface area contributed by atoms with Crippen molar-refractivity contribution in [3.8, 4) is 0 Å². The average Bonchev–Trinajstić information content (AvgIpc) is 3.46. The molecule has 2 amide bonds. The lowest BCUT2D eigenvalue weighted by molar-refractivity contribution is -0.0374. The molecule has 2 aliphatic rings. The molecular weight excluding hydrogens is 368 g/mol. The topological polar surface area (TPSA) is 63.0 Å². The zero-order chi connectivity index (χ0) is 20.2. The van der Waals surface area contributed by atoms with Gasteiger partial charge in [0.1, 0.15) is 0 Å². The fourth-order valence-electron chi connectivity index (χ4n) is 4.37. The van der Waals surface area contributed by atoms with Gasteiger partial charge in [0, 0.05) is 31.2 Å². The molecule has 1 aliphatic heterocycles. The Labute approximate surface area is 171 Å². The number of hydrogen-bond donors (Lipinski definition) is 0. The second kappa shape index (κ2) is 8.82. The van der Waals surface area contributed by atoms with Crippen LogP contribution in [0.2, 0.25) is 0 Å². The number of rotatable bonds is 5. The van der Waals surface area contributed by atoms with E-state index in [9.17, 15) is 9.59 Å². The van der Waals surface area contributed by atoms with Gasteiger partial charge in [0.15, 0.2) is 5.76 Å². The summed E-state index contributed by atoms with van der Waals surface area (Å²) in [6.45, 7) is 3.97. The van der Waals surface area contributed by atoms with E-state index >= 15 is 0 Å². The molecule has 1 saturated carbocycles. The van der Waals surface area contributed by atoms with E-state index in [0.29, 0.717) is 32.0 Å². The lowest BCUT2D eigenvalue weighted by Crippen LogP contribution is -2.52. The highest BCUT2D eigenvalue weighted by molar-refractivity contribution is 5.95. The molecule has 6 nitrogen and oxygen atoms in total. The Morgan fingerprint density at radius 2 is 1.93 bits per heavy atom. The minimum absolute atomic E-state index is 0.0289. The van der Waals surface area contributed by atoms with Gasteiger partial charge >= 0.3 is 0 Å². The first-order valence-electron chi connectivity index (χ1n) is 10.4. The summed E-state index contributed by atoms with van der Waals surface area (Å²) < 4.78 is 11.3. The Morgan fingerprint density at radius 1 is 1.14 bits per heavy atom. The highest BCUT2D eigenvalue weighted by Gasteiger charge is 2.33. The fourth-order valence-corrected chi connectivity index (χ4v) is 4.37. The van der Waals surface area contributed by atoms with Crippen molar-refractivity contribution in [1.82, 2.24) is 9.80 Å². The summed E-state index contributed by atoms with van der Waals surface area (Å²) in [5, 5.41) is 0. The van der Waals surface area contributed by atoms with Crippen LogP contribution < -0.4 is 0 Å². The Hall–Kier alpha value is -2.60. The second-order valence-corrected chi connectivity index (χ2v) is 7.93. The summed E-state index contributed by atoms with van der Waals surface area (Å²) >= 11 is 0. The molecule has 2 aromatic rings. The number of hydrogen-bond acceptors (Lipinski definition) is 4. The van der Waals surface area contributed by atoms with Gasteiger partial charge in [0.05, 0.1) is 19.0 Å². The predicted molar refractivity (Wildman–Crippen MR) is 109 cm³/mol. The van der Waals surface area contributed by atoms with Crippen molar-refractivity contribution < 1.29 is 18.7 Å². The molecule has 1 saturated heterocycles. The highest BCUT2D eigenvalue weighted by Crippen LogP contribution is 2.26. The number of carbonyl (C=O) groups is 2. The van der Waals surface area contributed by atoms with Gasteiger partial charge in [-0.3, -0.25) is 9.59 Å². The summed E-state index contributed by atoms with van der Waals surface area (Å²) in [5.74, 6) is 0.301. The number of aryl methyl sites for hydroxylation is 1. The van der Waals surface area contributed by atoms with Gasteiger partial charge in [0.25, 0.3) is 11.8 Å². The number of furan rings is 1. The summed E-state index contributed by atoms with van der Waals surface area (Å²) in [6, 6.07) is 11.3. The van der Waals surface area contributed by atoms with Crippen LogP contribution in [0, 0.1) is 6.92 Å². The number of nitrogens with zero attached hydrogens (tertiary/aromatic N) is 2. The van der Waals surface area contributed by atoms with Crippen molar-refractivity contribution in [3.05, 3.63) is 59.5 Å². The van der Waals surface area contributed by atoms with Gasteiger partial charge in [-0.15, -0.1) is 0 Å². The van der Waals surface area contributed by atoms with E-state index in [-0.39, 0.29) is 24.0 Å². The number of carbonyl (C=O) groups excluding carboxylic acids is 2. The van der Waals surface area contributed by atoms with Crippen molar-refractivity contribution >= 4 is 11.8 Å². The van der Waals surface area contributed by atoms with Gasteiger partial charge in [-0.25, -0.2) is 0 Å². The maximum atomic E-state index is 13.0. The van der Waals surface area contributed by atoms with Gasteiger partial charge in [0.2, 0.25) is 0 Å².